The summed E-state index contributed by atoms with van der Waals surface area (Å²) in [4.78, 5) is 3.63. The van der Waals surface area contributed by atoms with Gasteiger partial charge in [0.15, 0.2) is 0 Å². The summed E-state index contributed by atoms with van der Waals surface area (Å²) in [6.45, 7) is 0. The number of hydrogen-bond donors (Lipinski definition) is 1. The second kappa shape index (κ2) is 3.99. The number of hydrogen-bond acceptors (Lipinski definition) is 2. The molecule has 2 N–H and O–H groups in total. The predicted molar refractivity (Wildman–Crippen MR) is 27.5 cm³/mol. The molecule has 0 aliphatic carbocycles. The van der Waals surface area contributed by atoms with Crippen molar-refractivity contribution in [1.82, 2.24) is 4.98 Å². The van der Waals surface area contributed by atoms with E-state index in [4.69, 9.17) is 5.73 Å². The molecule has 0 aromatic carbocycles. The summed E-state index contributed by atoms with van der Waals surface area (Å²) in [5.74, 6) is 0. The number of pyridine rings is 1. The van der Waals surface area contributed by atoms with Crippen LogP contribution in [0.2, 0.25) is 0 Å². The maximum Gasteiger partial charge on any atom is 0 e. The molecule has 0 fully saturated rings. The van der Waals surface area contributed by atoms with Crippen molar-refractivity contribution in [1.29, 1.82) is 0 Å². The molecule has 0 unspecified atom stereocenters. The van der Waals surface area contributed by atoms with Gasteiger partial charge in [0.25, 0.3) is 0 Å². The number of aromatic nitrogens is 1. The number of nitrogen functional groups attached to an aromatic ring is 1. The summed E-state index contributed by atoms with van der Waals surface area (Å²) in [6.07, 6.45) is 4.16. The first-order valence-corrected chi connectivity index (χ1v) is 1.97. The predicted octanol–water partition coefficient (Wildman–Crippen LogP) is 0.461. The van der Waals surface area contributed by atoms with Crippen molar-refractivity contribution >= 4 is 5.69 Å². The molecule has 8 heavy (non-hydrogen) atoms. The fourth-order valence-electron chi connectivity index (χ4n) is 0.331. The first kappa shape index (κ1) is 8.05. The van der Waals surface area contributed by atoms with Crippen LogP contribution in [0.3, 0.4) is 0 Å². The smallest absolute Gasteiger partial charge is 0 e. The molecular weight excluding hydrogens is 177 g/mol. The van der Waals surface area contributed by atoms with Gasteiger partial charge in [-0.3, -0.25) is 0 Å². The van der Waals surface area contributed by atoms with Crippen molar-refractivity contribution in [2.45, 2.75) is 0 Å². The van der Waals surface area contributed by atoms with E-state index in [1.54, 1.807) is 18.3 Å². The van der Waals surface area contributed by atoms with Crippen molar-refractivity contribution in [3.63, 3.8) is 0 Å². The SMILES string of the molecule is Nc1cc[c-]nc1.[Y]. The summed E-state index contributed by atoms with van der Waals surface area (Å²) < 4.78 is 0. The van der Waals surface area contributed by atoms with Gasteiger partial charge in [0, 0.05) is 32.7 Å². The Morgan fingerprint density at radius 2 is 2.38 bits per heavy atom. The summed E-state index contributed by atoms with van der Waals surface area (Å²) >= 11 is 0. The van der Waals surface area contributed by atoms with Gasteiger partial charge in [-0.15, -0.1) is 6.07 Å². The second-order valence-corrected chi connectivity index (χ2v) is 1.22. The average molecular weight is 182 g/mol. The van der Waals surface area contributed by atoms with Gasteiger partial charge >= 0.3 is 0 Å². The summed E-state index contributed by atoms with van der Waals surface area (Å²) in [5.41, 5.74) is 5.95. The van der Waals surface area contributed by atoms with Crippen LogP contribution in [0.15, 0.2) is 18.3 Å². The fourth-order valence-corrected chi connectivity index (χ4v) is 0.331. The van der Waals surface area contributed by atoms with Crippen LogP contribution in [0.4, 0.5) is 5.69 Å². The van der Waals surface area contributed by atoms with Crippen molar-refractivity contribution in [3.05, 3.63) is 24.5 Å². The third-order valence-electron chi connectivity index (χ3n) is 0.638. The minimum atomic E-state index is 0. The third-order valence-corrected chi connectivity index (χ3v) is 0.638. The first-order chi connectivity index (χ1) is 3.39. The number of anilines is 1. The van der Waals surface area contributed by atoms with Crippen LogP contribution in [-0.2, 0) is 32.7 Å². The number of rotatable bonds is 0. The standard InChI is InChI=1S/C5H5N2.Y/c6-5-2-1-3-7-4-5;/h1-2,4H,6H2;/q-1;. The zero-order valence-electron chi connectivity index (χ0n) is 4.33. The molecule has 39 valence electrons. The van der Waals surface area contributed by atoms with Crippen LogP contribution in [-0.4, -0.2) is 4.98 Å². The quantitative estimate of drug-likeness (QED) is 0.592. The molecule has 0 saturated carbocycles. The van der Waals surface area contributed by atoms with E-state index in [1.807, 2.05) is 0 Å². The van der Waals surface area contributed by atoms with Gasteiger partial charge < -0.3 is 10.7 Å². The van der Waals surface area contributed by atoms with E-state index < -0.39 is 0 Å². The summed E-state index contributed by atoms with van der Waals surface area (Å²) in [5, 5.41) is 0. The maximum atomic E-state index is 5.28. The van der Waals surface area contributed by atoms with E-state index >= 15 is 0 Å². The van der Waals surface area contributed by atoms with Gasteiger partial charge in [0.1, 0.15) is 0 Å². The van der Waals surface area contributed by atoms with E-state index in [-0.39, 0.29) is 32.7 Å². The molecule has 1 heterocycles. The zero-order valence-corrected chi connectivity index (χ0v) is 7.17. The molecule has 3 heteroatoms. The van der Waals surface area contributed by atoms with Crippen LogP contribution >= 0.6 is 0 Å². The number of nitrogens with two attached hydrogens (primary N) is 1. The summed E-state index contributed by atoms with van der Waals surface area (Å²) in [7, 11) is 0. The van der Waals surface area contributed by atoms with Crippen molar-refractivity contribution in [2.24, 2.45) is 0 Å². The van der Waals surface area contributed by atoms with E-state index in [2.05, 4.69) is 11.2 Å². The molecule has 1 aromatic heterocycles. The normalized spacial score (nSPS) is 7.50. The van der Waals surface area contributed by atoms with E-state index in [9.17, 15) is 0 Å². The van der Waals surface area contributed by atoms with E-state index in [0.717, 1.165) is 0 Å². The average Bonchev–Trinajstić information content (AvgIpc) is 1.69. The Morgan fingerprint density at radius 1 is 1.62 bits per heavy atom. The minimum Gasteiger partial charge on any atom is -0.418 e. The van der Waals surface area contributed by atoms with Crippen LogP contribution in [0, 0.1) is 6.20 Å². The topological polar surface area (TPSA) is 38.9 Å². The van der Waals surface area contributed by atoms with E-state index in [0.29, 0.717) is 5.69 Å². The largest absolute Gasteiger partial charge is 0.418 e. The maximum absolute atomic E-state index is 5.28. The molecule has 0 amide bonds. The molecule has 1 radical (unpaired) electrons. The van der Waals surface area contributed by atoms with E-state index in [1.165, 1.54) is 0 Å². The Kier molecular flexibility index (Phi) is 4.01. The fraction of sp³-hybridized carbons (Fsp3) is 0. The van der Waals surface area contributed by atoms with Crippen molar-refractivity contribution in [2.75, 3.05) is 5.73 Å². The van der Waals surface area contributed by atoms with Crippen LogP contribution < -0.4 is 5.73 Å². The van der Waals surface area contributed by atoms with Crippen molar-refractivity contribution < 1.29 is 32.7 Å². The van der Waals surface area contributed by atoms with Crippen LogP contribution in [0.25, 0.3) is 0 Å². The minimum absolute atomic E-state index is 0. The molecule has 1 rings (SSSR count). The van der Waals surface area contributed by atoms with Gasteiger partial charge in [-0.05, 0) is 0 Å². The van der Waals surface area contributed by atoms with Crippen LogP contribution in [0.5, 0.6) is 0 Å². The molecule has 0 bridgehead atoms. The molecule has 0 aliphatic heterocycles. The van der Waals surface area contributed by atoms with Gasteiger partial charge in [0.05, 0.1) is 0 Å². The van der Waals surface area contributed by atoms with Gasteiger partial charge in [-0.2, -0.15) is 6.07 Å². The second-order valence-electron chi connectivity index (χ2n) is 1.22. The Hall–Kier alpha value is 0.0539. The number of nitrogens with zero attached hydrogens (tertiary/aromatic N) is 1. The third kappa shape index (κ3) is 2.38. The van der Waals surface area contributed by atoms with Gasteiger partial charge in [0.2, 0.25) is 0 Å². The Labute approximate surface area is 73.4 Å². The van der Waals surface area contributed by atoms with Gasteiger partial charge in [-0.25, -0.2) is 0 Å². The Balaban J connectivity index is 0.000000490. The Morgan fingerprint density at radius 3 is 2.62 bits per heavy atom. The molecule has 0 atom stereocenters. The first-order valence-electron chi connectivity index (χ1n) is 1.97. The Bertz CT molecular complexity index is 140. The molecular formula is C5H5N2Y-. The molecule has 2 nitrogen and oxygen atoms in total. The zero-order chi connectivity index (χ0) is 5.11. The summed E-state index contributed by atoms with van der Waals surface area (Å²) in [6, 6.07) is 3.42. The monoisotopic (exact) mass is 182 g/mol. The van der Waals surface area contributed by atoms with Crippen molar-refractivity contribution in [3.8, 4) is 0 Å². The molecule has 1 aromatic rings. The molecule has 0 spiro atoms. The van der Waals surface area contributed by atoms with Gasteiger partial charge in [-0.1, -0.05) is 18.1 Å². The van der Waals surface area contributed by atoms with Crippen LogP contribution in [0.1, 0.15) is 0 Å². The molecule has 0 aliphatic rings. The molecule has 0 saturated heterocycles.